The molecule has 3 aromatic rings. The van der Waals surface area contributed by atoms with Gasteiger partial charge < -0.3 is 48.0 Å². The lowest BCUT2D eigenvalue weighted by Gasteiger charge is -2.35. The summed E-state index contributed by atoms with van der Waals surface area (Å²) in [6.07, 6.45) is 2.11. The number of nitrogens with zero attached hydrogens (tertiary/aromatic N) is 10. The van der Waals surface area contributed by atoms with Gasteiger partial charge in [0.2, 0.25) is 17.8 Å². The minimum Gasteiger partial charge on any atom is -0.383 e. The number of carbonyl (C=O) groups excluding carboxylic acids is 1. The van der Waals surface area contributed by atoms with Crippen LogP contribution in [0.1, 0.15) is 5.69 Å². The molecule has 0 saturated carbocycles. The zero-order chi connectivity index (χ0) is 31.8. The van der Waals surface area contributed by atoms with E-state index in [1.807, 2.05) is 11.9 Å². The highest BCUT2D eigenvalue weighted by molar-refractivity contribution is 5.96. The van der Waals surface area contributed by atoms with Crippen LogP contribution in [0.4, 0.5) is 23.5 Å². The summed E-state index contributed by atoms with van der Waals surface area (Å²) in [6, 6.07) is 4.21. The molecule has 246 valence electrons. The van der Waals surface area contributed by atoms with Crippen LogP contribution in [0.5, 0.6) is 0 Å². The standard InChI is InChI=1S/C30H46N10O5/c1-35-9-10-40(22-24(35)41)28-26-25(31-30(34-28)38(15-19-44-4)16-20-45-5)27(39-12-11-36-8-6-7-23(36)21-39)33-29(32-26)37(13-17-42-2)14-18-43-3/h6-8H,9-22H2,1-5H3. The predicted molar refractivity (Wildman–Crippen MR) is 172 cm³/mol. The molecule has 0 radical (unpaired) electrons. The fourth-order valence-corrected chi connectivity index (χ4v) is 5.55. The zero-order valence-electron chi connectivity index (χ0n) is 27.1. The highest BCUT2D eigenvalue weighted by Gasteiger charge is 2.30. The number of aromatic nitrogens is 5. The van der Waals surface area contributed by atoms with Gasteiger partial charge >= 0.3 is 0 Å². The molecular formula is C30H46N10O5. The van der Waals surface area contributed by atoms with Gasteiger partial charge in [-0.3, -0.25) is 4.79 Å². The van der Waals surface area contributed by atoms with Crippen molar-refractivity contribution < 1.29 is 23.7 Å². The first-order valence-electron chi connectivity index (χ1n) is 15.4. The van der Waals surface area contributed by atoms with Crippen molar-refractivity contribution in [1.29, 1.82) is 0 Å². The van der Waals surface area contributed by atoms with Crippen LogP contribution < -0.4 is 19.6 Å². The molecule has 1 saturated heterocycles. The van der Waals surface area contributed by atoms with Crippen molar-refractivity contribution in [3.8, 4) is 0 Å². The lowest BCUT2D eigenvalue weighted by Crippen LogP contribution is -2.49. The van der Waals surface area contributed by atoms with Crippen LogP contribution in [0.3, 0.4) is 0 Å². The molecule has 15 nitrogen and oxygen atoms in total. The summed E-state index contributed by atoms with van der Waals surface area (Å²) in [5.41, 5.74) is 2.45. The SMILES string of the molecule is COCCN(CCOC)c1nc(N2CCn3cccc3C2)c2nc(N(CCOC)CCOC)nc(N3CCN(C)C(=O)C3)c2n1. The Morgan fingerprint density at radius 1 is 0.689 bits per heavy atom. The molecule has 0 spiro atoms. The molecule has 0 atom stereocenters. The van der Waals surface area contributed by atoms with E-state index in [-0.39, 0.29) is 12.5 Å². The maximum atomic E-state index is 13.0. The molecule has 1 amide bonds. The van der Waals surface area contributed by atoms with Crippen LogP contribution >= 0.6 is 0 Å². The molecule has 0 bridgehead atoms. The Labute approximate surface area is 264 Å². The van der Waals surface area contributed by atoms with Crippen molar-refractivity contribution in [2.24, 2.45) is 0 Å². The molecule has 45 heavy (non-hydrogen) atoms. The third kappa shape index (κ3) is 7.54. The van der Waals surface area contributed by atoms with E-state index in [0.717, 1.165) is 18.9 Å². The summed E-state index contributed by atoms with van der Waals surface area (Å²) in [6.45, 7) is 7.93. The average molecular weight is 627 g/mol. The number of piperazine rings is 1. The lowest BCUT2D eigenvalue weighted by molar-refractivity contribution is -0.129. The Kier molecular flexibility index (Phi) is 11.2. The molecular weight excluding hydrogens is 580 g/mol. The molecule has 2 aliphatic heterocycles. The van der Waals surface area contributed by atoms with E-state index < -0.39 is 0 Å². The number of hydrogen-bond donors (Lipinski definition) is 0. The minimum absolute atomic E-state index is 0.0262. The van der Waals surface area contributed by atoms with Gasteiger partial charge in [-0.25, -0.2) is 9.97 Å². The average Bonchev–Trinajstić information content (AvgIpc) is 3.53. The number of methoxy groups -OCH3 is 4. The number of likely N-dealkylation sites (N-methyl/N-ethyl adjacent to an activating group) is 1. The number of amides is 1. The summed E-state index contributed by atoms with van der Waals surface area (Å²) in [5.74, 6) is 2.43. The minimum atomic E-state index is 0.0262. The van der Waals surface area contributed by atoms with Gasteiger partial charge in [0.25, 0.3) is 0 Å². The van der Waals surface area contributed by atoms with E-state index in [1.165, 1.54) is 5.69 Å². The monoisotopic (exact) mass is 626 g/mol. The third-order valence-corrected chi connectivity index (χ3v) is 8.25. The van der Waals surface area contributed by atoms with Crippen LogP contribution in [0, 0.1) is 0 Å². The van der Waals surface area contributed by atoms with Gasteiger partial charge in [0, 0.05) is 99.7 Å². The van der Waals surface area contributed by atoms with Crippen LogP contribution in [0.25, 0.3) is 11.0 Å². The smallest absolute Gasteiger partial charge is 0.241 e. The van der Waals surface area contributed by atoms with Crippen molar-refractivity contribution in [2.45, 2.75) is 13.1 Å². The number of rotatable bonds is 16. The van der Waals surface area contributed by atoms with Gasteiger partial charge in [0.05, 0.1) is 39.5 Å². The molecule has 15 heteroatoms. The van der Waals surface area contributed by atoms with E-state index >= 15 is 0 Å². The van der Waals surface area contributed by atoms with Gasteiger partial charge in [0.1, 0.15) is 11.0 Å². The first-order valence-corrected chi connectivity index (χ1v) is 15.4. The quantitative estimate of drug-likeness (QED) is 0.222. The van der Waals surface area contributed by atoms with E-state index in [1.54, 1.807) is 33.3 Å². The van der Waals surface area contributed by atoms with E-state index in [9.17, 15) is 4.79 Å². The topological polar surface area (TPSA) is 127 Å². The van der Waals surface area contributed by atoms with E-state index in [0.29, 0.717) is 101 Å². The molecule has 1 fully saturated rings. The summed E-state index contributed by atoms with van der Waals surface area (Å²) in [4.78, 5) is 43.7. The van der Waals surface area contributed by atoms with Crippen LogP contribution in [-0.2, 0) is 36.8 Å². The summed E-state index contributed by atoms with van der Waals surface area (Å²) in [5, 5.41) is 0. The van der Waals surface area contributed by atoms with Crippen molar-refractivity contribution >= 4 is 40.5 Å². The number of carbonyl (C=O) groups is 1. The maximum absolute atomic E-state index is 13.0. The number of ether oxygens (including phenoxy) is 4. The summed E-state index contributed by atoms with van der Waals surface area (Å²) in [7, 11) is 8.54. The van der Waals surface area contributed by atoms with Gasteiger partial charge in [-0.15, -0.1) is 0 Å². The molecule has 3 aromatic heterocycles. The van der Waals surface area contributed by atoms with Gasteiger partial charge in [-0.1, -0.05) is 0 Å². The lowest BCUT2D eigenvalue weighted by atomic mass is 10.2. The van der Waals surface area contributed by atoms with Crippen LogP contribution in [-0.4, -0.2) is 150 Å². The van der Waals surface area contributed by atoms with E-state index in [4.69, 9.17) is 38.9 Å². The fourth-order valence-electron chi connectivity index (χ4n) is 5.55. The Morgan fingerprint density at radius 2 is 1.18 bits per heavy atom. The van der Waals surface area contributed by atoms with Crippen LogP contribution in [0.15, 0.2) is 18.3 Å². The second-order valence-electron chi connectivity index (χ2n) is 11.2. The zero-order valence-corrected chi connectivity index (χ0v) is 27.1. The molecule has 2 aliphatic rings. The molecule has 5 rings (SSSR count). The predicted octanol–water partition coefficient (Wildman–Crippen LogP) is 0.718. The maximum Gasteiger partial charge on any atom is 0.241 e. The largest absolute Gasteiger partial charge is 0.383 e. The fraction of sp³-hybridized carbons (Fsp3) is 0.633. The third-order valence-electron chi connectivity index (χ3n) is 8.25. The second kappa shape index (κ2) is 15.5. The molecule has 0 N–H and O–H groups in total. The molecule has 0 unspecified atom stereocenters. The molecule has 0 aliphatic carbocycles. The number of anilines is 4. The molecule has 0 aromatic carbocycles. The van der Waals surface area contributed by atoms with Crippen LogP contribution in [0.2, 0.25) is 0 Å². The molecule has 5 heterocycles. The number of fused-ring (bicyclic) bond motifs is 2. The Morgan fingerprint density at radius 3 is 1.67 bits per heavy atom. The highest BCUT2D eigenvalue weighted by atomic mass is 16.5. The Bertz CT molecular complexity index is 1410. The first kappa shape index (κ1) is 32.6. The summed E-state index contributed by atoms with van der Waals surface area (Å²) >= 11 is 0. The summed E-state index contributed by atoms with van der Waals surface area (Å²) < 4.78 is 24.0. The van der Waals surface area contributed by atoms with E-state index in [2.05, 4.69) is 37.6 Å². The van der Waals surface area contributed by atoms with Crippen molar-refractivity contribution in [3.05, 3.63) is 24.0 Å². The van der Waals surface area contributed by atoms with Gasteiger partial charge in [-0.05, 0) is 12.1 Å². The highest BCUT2D eigenvalue weighted by Crippen LogP contribution is 2.34. The normalized spacial score (nSPS) is 15.2. The van der Waals surface area contributed by atoms with Crippen molar-refractivity contribution in [2.75, 3.05) is 134 Å². The van der Waals surface area contributed by atoms with Gasteiger partial charge in [0.15, 0.2) is 11.6 Å². The van der Waals surface area contributed by atoms with Crippen molar-refractivity contribution in [3.63, 3.8) is 0 Å². The van der Waals surface area contributed by atoms with Gasteiger partial charge in [-0.2, -0.15) is 9.97 Å². The second-order valence-corrected chi connectivity index (χ2v) is 11.2. The van der Waals surface area contributed by atoms with Crippen molar-refractivity contribution in [1.82, 2.24) is 29.4 Å². The first-order chi connectivity index (χ1) is 22.0. The Hall–Kier alpha value is -3.79. The number of hydrogen-bond acceptors (Lipinski definition) is 13. The Balaban J connectivity index is 1.71.